The summed E-state index contributed by atoms with van der Waals surface area (Å²) in [5, 5.41) is 13.3. The first-order valence-electron chi connectivity index (χ1n) is 6.15. The lowest BCUT2D eigenvalue weighted by atomic mass is 9.94. The van der Waals surface area contributed by atoms with Gasteiger partial charge in [0.25, 0.3) is 0 Å². The fraction of sp³-hybridized carbons (Fsp3) is 1.00. The van der Waals surface area contributed by atoms with Crippen molar-refractivity contribution in [1.82, 2.24) is 5.32 Å². The van der Waals surface area contributed by atoms with Gasteiger partial charge in [-0.2, -0.15) is 0 Å². The first kappa shape index (κ1) is 12.0. The quantitative estimate of drug-likeness (QED) is 0.712. The Morgan fingerprint density at radius 3 is 2.50 bits per heavy atom. The molecule has 2 atom stereocenters. The van der Waals surface area contributed by atoms with Crippen LogP contribution in [0.25, 0.3) is 0 Å². The summed E-state index contributed by atoms with van der Waals surface area (Å²) in [6.07, 6.45) is 7.61. The van der Waals surface area contributed by atoms with Gasteiger partial charge in [-0.15, -0.1) is 0 Å². The van der Waals surface area contributed by atoms with Gasteiger partial charge in [0.05, 0.1) is 6.10 Å². The maximum atomic E-state index is 9.79. The van der Waals surface area contributed by atoms with Crippen molar-refractivity contribution in [3.63, 3.8) is 0 Å². The highest BCUT2D eigenvalue weighted by Gasteiger charge is 2.16. The van der Waals surface area contributed by atoms with Crippen molar-refractivity contribution in [2.45, 2.75) is 64.5 Å². The Labute approximate surface area is 88.1 Å². The summed E-state index contributed by atoms with van der Waals surface area (Å²) in [5.41, 5.74) is 0. The van der Waals surface area contributed by atoms with Crippen LogP contribution in [0.3, 0.4) is 0 Å². The van der Waals surface area contributed by atoms with Crippen molar-refractivity contribution in [3.8, 4) is 0 Å². The Kier molecular flexibility index (Phi) is 5.49. The maximum Gasteiger partial charge on any atom is 0.0690 e. The van der Waals surface area contributed by atoms with E-state index in [1.54, 1.807) is 0 Å². The molecule has 0 bridgehead atoms. The number of aliphatic hydroxyl groups is 1. The van der Waals surface area contributed by atoms with Crippen molar-refractivity contribution in [1.29, 1.82) is 0 Å². The Hall–Kier alpha value is -0.0800. The maximum absolute atomic E-state index is 9.79. The van der Waals surface area contributed by atoms with Gasteiger partial charge >= 0.3 is 0 Å². The average Bonchev–Trinajstić information content (AvgIpc) is 2.26. The van der Waals surface area contributed by atoms with E-state index < -0.39 is 0 Å². The topological polar surface area (TPSA) is 32.3 Å². The lowest BCUT2D eigenvalue weighted by Crippen LogP contribution is -2.39. The van der Waals surface area contributed by atoms with Gasteiger partial charge < -0.3 is 10.4 Å². The van der Waals surface area contributed by atoms with E-state index in [0.29, 0.717) is 12.0 Å². The number of nitrogens with one attached hydrogen (secondary N) is 1. The highest BCUT2D eigenvalue weighted by Crippen LogP contribution is 2.17. The normalized spacial score (nSPS) is 23.4. The van der Waals surface area contributed by atoms with Crippen LogP contribution in [-0.2, 0) is 0 Å². The van der Waals surface area contributed by atoms with E-state index in [9.17, 15) is 5.11 Å². The molecule has 0 radical (unpaired) electrons. The highest BCUT2D eigenvalue weighted by molar-refractivity contribution is 4.74. The molecule has 2 N–H and O–H groups in total. The van der Waals surface area contributed by atoms with Crippen LogP contribution >= 0.6 is 0 Å². The van der Waals surface area contributed by atoms with Crippen LogP contribution in [0.15, 0.2) is 0 Å². The molecule has 0 aromatic heterocycles. The van der Waals surface area contributed by atoms with E-state index in [-0.39, 0.29) is 6.10 Å². The monoisotopic (exact) mass is 199 g/mol. The second-order valence-corrected chi connectivity index (χ2v) is 4.70. The van der Waals surface area contributed by atoms with E-state index >= 15 is 0 Å². The third kappa shape index (κ3) is 3.97. The predicted molar refractivity (Wildman–Crippen MR) is 60.3 cm³/mol. The fourth-order valence-corrected chi connectivity index (χ4v) is 2.07. The second-order valence-electron chi connectivity index (χ2n) is 4.70. The van der Waals surface area contributed by atoms with E-state index in [2.05, 4.69) is 19.2 Å². The molecule has 0 saturated heterocycles. The van der Waals surface area contributed by atoms with Gasteiger partial charge in [0, 0.05) is 12.6 Å². The molecule has 14 heavy (non-hydrogen) atoms. The lowest BCUT2D eigenvalue weighted by Gasteiger charge is -2.25. The van der Waals surface area contributed by atoms with Crippen LogP contribution in [0, 0.1) is 5.92 Å². The van der Waals surface area contributed by atoms with Crippen LogP contribution in [-0.4, -0.2) is 23.8 Å². The molecule has 0 aliphatic heterocycles. The largest absolute Gasteiger partial charge is 0.392 e. The van der Waals surface area contributed by atoms with Crippen molar-refractivity contribution < 1.29 is 5.11 Å². The number of aliphatic hydroxyl groups excluding tert-OH is 1. The molecule has 0 aromatic carbocycles. The van der Waals surface area contributed by atoms with Gasteiger partial charge in [-0.05, 0) is 18.8 Å². The molecule has 1 aliphatic carbocycles. The second kappa shape index (κ2) is 6.41. The van der Waals surface area contributed by atoms with Crippen molar-refractivity contribution in [3.05, 3.63) is 0 Å². The van der Waals surface area contributed by atoms with Crippen molar-refractivity contribution >= 4 is 0 Å². The zero-order chi connectivity index (χ0) is 10.4. The summed E-state index contributed by atoms with van der Waals surface area (Å²) in [4.78, 5) is 0. The Morgan fingerprint density at radius 1 is 1.29 bits per heavy atom. The first-order chi connectivity index (χ1) is 6.74. The Morgan fingerprint density at radius 2 is 1.93 bits per heavy atom. The molecule has 2 unspecified atom stereocenters. The SMILES string of the molecule is CCC(C)C(O)CNC1CCCCC1. The van der Waals surface area contributed by atoms with Crippen molar-refractivity contribution in [2.75, 3.05) is 6.54 Å². The van der Waals surface area contributed by atoms with Crippen LogP contribution in [0.2, 0.25) is 0 Å². The molecule has 84 valence electrons. The van der Waals surface area contributed by atoms with Crippen LogP contribution in [0.4, 0.5) is 0 Å². The number of rotatable bonds is 5. The molecule has 2 nitrogen and oxygen atoms in total. The summed E-state index contributed by atoms with van der Waals surface area (Å²) in [6, 6.07) is 0.669. The minimum absolute atomic E-state index is 0.165. The summed E-state index contributed by atoms with van der Waals surface area (Å²) in [7, 11) is 0. The standard InChI is InChI=1S/C12H25NO/c1-3-10(2)12(14)9-13-11-7-5-4-6-8-11/h10-14H,3-9H2,1-2H3. The molecule has 1 aliphatic rings. The molecule has 0 spiro atoms. The molecule has 1 fully saturated rings. The van der Waals surface area contributed by atoms with Gasteiger partial charge in [-0.3, -0.25) is 0 Å². The molecule has 0 amide bonds. The summed E-state index contributed by atoms with van der Waals surface area (Å²) in [5.74, 6) is 0.422. The van der Waals surface area contributed by atoms with Gasteiger partial charge in [-0.1, -0.05) is 39.5 Å². The van der Waals surface area contributed by atoms with Crippen LogP contribution in [0.1, 0.15) is 52.4 Å². The first-order valence-corrected chi connectivity index (χ1v) is 6.15. The molecular formula is C12H25NO. The molecule has 0 heterocycles. The smallest absolute Gasteiger partial charge is 0.0690 e. The molecule has 2 heteroatoms. The molecule has 1 saturated carbocycles. The van der Waals surface area contributed by atoms with Gasteiger partial charge in [0.15, 0.2) is 0 Å². The summed E-state index contributed by atoms with van der Waals surface area (Å²) >= 11 is 0. The minimum Gasteiger partial charge on any atom is -0.392 e. The minimum atomic E-state index is -0.165. The third-order valence-electron chi connectivity index (χ3n) is 3.52. The van der Waals surface area contributed by atoms with E-state index in [1.165, 1.54) is 32.1 Å². The zero-order valence-corrected chi connectivity index (χ0v) is 9.63. The third-order valence-corrected chi connectivity index (χ3v) is 3.52. The fourth-order valence-electron chi connectivity index (χ4n) is 2.07. The van der Waals surface area contributed by atoms with Gasteiger partial charge in [-0.25, -0.2) is 0 Å². The van der Waals surface area contributed by atoms with Crippen molar-refractivity contribution in [2.24, 2.45) is 5.92 Å². The van der Waals surface area contributed by atoms with E-state index in [1.807, 2.05) is 0 Å². The predicted octanol–water partition coefficient (Wildman–Crippen LogP) is 2.32. The summed E-state index contributed by atoms with van der Waals surface area (Å²) in [6.45, 7) is 5.03. The molecular weight excluding hydrogens is 174 g/mol. The lowest BCUT2D eigenvalue weighted by molar-refractivity contribution is 0.107. The number of hydrogen-bond donors (Lipinski definition) is 2. The number of hydrogen-bond acceptors (Lipinski definition) is 2. The van der Waals surface area contributed by atoms with Crippen LogP contribution in [0.5, 0.6) is 0 Å². The van der Waals surface area contributed by atoms with E-state index in [0.717, 1.165) is 13.0 Å². The molecule has 1 rings (SSSR count). The van der Waals surface area contributed by atoms with E-state index in [4.69, 9.17) is 0 Å². The van der Waals surface area contributed by atoms with Gasteiger partial charge in [0.2, 0.25) is 0 Å². The van der Waals surface area contributed by atoms with Gasteiger partial charge in [0.1, 0.15) is 0 Å². The summed E-state index contributed by atoms with van der Waals surface area (Å²) < 4.78 is 0. The zero-order valence-electron chi connectivity index (χ0n) is 9.63. The average molecular weight is 199 g/mol. The highest BCUT2D eigenvalue weighted by atomic mass is 16.3. The Balaban J connectivity index is 2.12. The molecule has 0 aromatic rings. The Bertz CT molecular complexity index is 141. The van der Waals surface area contributed by atoms with Crippen LogP contribution < -0.4 is 5.32 Å².